The molecule has 42 heavy (non-hydrogen) atoms. The van der Waals surface area contributed by atoms with E-state index >= 15 is 0 Å². The van der Waals surface area contributed by atoms with Crippen molar-refractivity contribution in [1.82, 2.24) is 5.09 Å². The van der Waals surface area contributed by atoms with E-state index in [0.717, 1.165) is 29.6 Å². The molecule has 1 aliphatic heterocycles. The predicted octanol–water partition coefficient (Wildman–Crippen LogP) is 7.20. The summed E-state index contributed by atoms with van der Waals surface area (Å²) < 4.78 is 61.0. The maximum absolute atomic E-state index is 12.5. The second kappa shape index (κ2) is 21.8. The molecular formula is C31H59N2O7PS. The van der Waals surface area contributed by atoms with Gasteiger partial charge in [0.1, 0.15) is 23.3 Å². The smallest absolute Gasteiger partial charge is 0.406 e. The molecule has 0 radical (unpaired) electrons. The second-order valence-electron chi connectivity index (χ2n) is 12.4. The first kappa shape index (κ1) is 39.2. The molecule has 1 saturated heterocycles. The van der Waals surface area contributed by atoms with Gasteiger partial charge in [-0.15, -0.1) is 0 Å². The lowest BCUT2D eigenvalue weighted by atomic mass is 10.0. The number of rotatable bonds is 22. The van der Waals surface area contributed by atoms with Gasteiger partial charge in [-0.3, -0.25) is 9.05 Å². The zero-order valence-electron chi connectivity index (χ0n) is 27.0. The molecule has 0 aliphatic carbocycles. The molecule has 0 aromatic heterocycles. The third kappa shape index (κ3) is 21.0. The van der Waals surface area contributed by atoms with Gasteiger partial charge in [-0.2, -0.15) is 0 Å². The van der Waals surface area contributed by atoms with E-state index in [2.05, 4.69) is 33.2 Å². The van der Waals surface area contributed by atoms with Crippen LogP contribution in [0.5, 0.6) is 0 Å². The van der Waals surface area contributed by atoms with Crippen molar-refractivity contribution in [2.24, 2.45) is 0 Å². The number of likely N-dealkylation sites (N-methyl/N-ethyl adjacent to an activating group) is 1. The van der Waals surface area contributed by atoms with Gasteiger partial charge in [-0.1, -0.05) is 108 Å². The average molecular weight is 636 g/mol. The lowest BCUT2D eigenvalue weighted by Crippen LogP contribution is -2.37. The Morgan fingerprint density at radius 2 is 1.38 bits per heavy atom. The summed E-state index contributed by atoms with van der Waals surface area (Å²) in [4.78, 5) is -0.178. The van der Waals surface area contributed by atoms with Crippen molar-refractivity contribution in [3.63, 3.8) is 0 Å². The summed E-state index contributed by atoms with van der Waals surface area (Å²) in [6.07, 6.45) is 19.1. The molecule has 1 aromatic carbocycles. The molecule has 1 heterocycles. The molecule has 11 heteroatoms. The topological polar surface area (TPSA) is 114 Å². The van der Waals surface area contributed by atoms with Crippen molar-refractivity contribution in [3.05, 3.63) is 29.8 Å². The number of hydrogen-bond acceptors (Lipinski definition) is 7. The summed E-state index contributed by atoms with van der Waals surface area (Å²) in [6, 6.07) is 5.74. The highest BCUT2D eigenvalue weighted by molar-refractivity contribution is 7.85. The maximum atomic E-state index is 12.5. The van der Waals surface area contributed by atoms with Crippen LogP contribution in [0.25, 0.3) is 0 Å². The van der Waals surface area contributed by atoms with Gasteiger partial charge in [0, 0.05) is 6.61 Å². The molecule has 0 bridgehead atoms. The average Bonchev–Trinajstić information content (AvgIpc) is 3.28. The summed E-state index contributed by atoms with van der Waals surface area (Å²) in [5, 5.41) is 2.98. The summed E-state index contributed by atoms with van der Waals surface area (Å²) >= 11 is 0. The van der Waals surface area contributed by atoms with Crippen molar-refractivity contribution < 1.29 is 35.8 Å². The molecule has 246 valence electrons. The second-order valence-corrected chi connectivity index (χ2v) is 15.6. The molecular weight excluding hydrogens is 576 g/mol. The fourth-order valence-electron chi connectivity index (χ4n) is 4.41. The number of nitrogens with zero attached hydrogens (tertiary/aromatic N) is 1. The lowest BCUT2D eigenvalue weighted by molar-refractivity contribution is -0.870. The number of ether oxygens (including phenoxy) is 1. The van der Waals surface area contributed by atoms with E-state index in [0.29, 0.717) is 19.8 Å². The Hall–Kier alpha value is -0.840. The summed E-state index contributed by atoms with van der Waals surface area (Å²) in [7, 11) is -1.17. The first-order valence-corrected chi connectivity index (χ1v) is 18.9. The van der Waals surface area contributed by atoms with Crippen LogP contribution in [0.15, 0.2) is 29.2 Å². The highest BCUT2D eigenvalue weighted by atomic mass is 32.2. The van der Waals surface area contributed by atoms with Crippen LogP contribution >= 0.6 is 7.75 Å². The van der Waals surface area contributed by atoms with Gasteiger partial charge >= 0.3 is 7.75 Å². The molecule has 1 fully saturated rings. The highest BCUT2D eigenvalue weighted by Crippen LogP contribution is 2.48. The fraction of sp³-hybridized carbons (Fsp3) is 0.806. The summed E-state index contributed by atoms with van der Waals surface area (Å²) in [5.41, 5.74) is 0.928. The minimum Gasteiger partial charge on any atom is -0.744 e. The molecule has 9 nitrogen and oxygen atoms in total. The number of quaternary nitrogens is 1. The normalized spacial score (nSPS) is 19.0. The Morgan fingerprint density at radius 3 is 1.86 bits per heavy atom. The van der Waals surface area contributed by atoms with Crippen molar-refractivity contribution in [2.75, 3.05) is 54.1 Å². The van der Waals surface area contributed by atoms with Crippen LogP contribution in [-0.4, -0.2) is 77.6 Å². The first-order chi connectivity index (χ1) is 19.8. The molecule has 1 N–H and O–H groups in total. The molecule has 0 saturated carbocycles. The van der Waals surface area contributed by atoms with E-state index in [1.807, 2.05) is 6.92 Å². The minimum absolute atomic E-state index is 0.0402. The first-order valence-electron chi connectivity index (χ1n) is 15.9. The summed E-state index contributed by atoms with van der Waals surface area (Å²) in [6.45, 7) is 6.99. The Labute approximate surface area is 257 Å². The van der Waals surface area contributed by atoms with E-state index in [4.69, 9.17) is 13.8 Å². The number of nitrogens with one attached hydrogen (secondary N) is 1. The SMILES string of the molecule is CCCCCCCCCCCCCCCCOC[C@@H]1CO[32P](=O)(OCC[N+](C)(C)C)N1.Cc1ccc(S(=O)(=O)[O-])cc1. The molecule has 1 aliphatic rings. The quantitative estimate of drug-likeness (QED) is 0.0616. The van der Waals surface area contributed by atoms with Crippen LogP contribution in [0.4, 0.5) is 0 Å². The van der Waals surface area contributed by atoms with Gasteiger partial charge in [-0.05, 0) is 25.5 Å². The van der Waals surface area contributed by atoms with Crippen molar-refractivity contribution in [1.29, 1.82) is 0 Å². The maximum Gasteiger partial charge on any atom is 0.406 e. The van der Waals surface area contributed by atoms with E-state index in [-0.39, 0.29) is 10.9 Å². The summed E-state index contributed by atoms with van der Waals surface area (Å²) in [5.74, 6) is 0. The van der Waals surface area contributed by atoms with Crippen LogP contribution in [0.3, 0.4) is 0 Å². The highest BCUT2D eigenvalue weighted by Gasteiger charge is 2.36. The fourth-order valence-corrected chi connectivity index (χ4v) is 6.40. The largest absolute Gasteiger partial charge is 0.744 e. The van der Waals surface area contributed by atoms with Crippen LogP contribution < -0.4 is 5.09 Å². The predicted molar refractivity (Wildman–Crippen MR) is 170 cm³/mol. The Morgan fingerprint density at radius 1 is 0.881 bits per heavy atom. The van der Waals surface area contributed by atoms with Crippen molar-refractivity contribution in [2.45, 2.75) is 115 Å². The van der Waals surface area contributed by atoms with Crippen LogP contribution in [0.1, 0.15) is 102 Å². The third-order valence-electron chi connectivity index (χ3n) is 7.08. The lowest BCUT2D eigenvalue weighted by Gasteiger charge is -2.24. The third-order valence-corrected chi connectivity index (χ3v) is 9.62. The Kier molecular flexibility index (Phi) is 20.3. The standard InChI is InChI=1S/C24H52N2O4P.C7H8O3S/c1-5-6-7-8-9-10-11-12-13-14-15-16-17-18-20-28-22-24-23-30-31(27,25-24)29-21-19-26(2,3)4;1-6-2-4-7(5-3-6)11(8,9)10/h24H,5-23H2,1-4H3,(H,25,27);2-5H,1H3,(H,8,9,10)/q+1;/p-1/t24-,31?;/m1./s1/i31+1;. The number of hydrogen-bond donors (Lipinski definition) is 1. The Balaban J connectivity index is 0.000000666. The minimum atomic E-state index is -4.27. The number of aryl methyl sites for hydroxylation is 1. The van der Waals surface area contributed by atoms with Gasteiger partial charge in [0.15, 0.2) is 0 Å². The van der Waals surface area contributed by atoms with Crippen LogP contribution in [0.2, 0.25) is 0 Å². The van der Waals surface area contributed by atoms with Gasteiger partial charge in [0.25, 0.3) is 0 Å². The van der Waals surface area contributed by atoms with Gasteiger partial charge in [0.05, 0.1) is 45.3 Å². The van der Waals surface area contributed by atoms with Crippen LogP contribution in [0, 0.1) is 6.92 Å². The molecule has 0 amide bonds. The number of unbranched alkanes of at least 4 members (excludes halogenated alkanes) is 13. The van der Waals surface area contributed by atoms with Crippen molar-refractivity contribution in [3.8, 4) is 0 Å². The molecule has 1 unspecified atom stereocenters. The molecule has 1 aromatic rings. The monoisotopic (exact) mass is 635 g/mol. The zero-order chi connectivity index (χ0) is 31.3. The number of benzene rings is 1. The molecule has 2 rings (SSSR count). The molecule has 0 spiro atoms. The van der Waals surface area contributed by atoms with E-state index < -0.39 is 17.9 Å². The van der Waals surface area contributed by atoms with E-state index in [1.165, 1.54) is 95.6 Å². The van der Waals surface area contributed by atoms with Crippen LogP contribution in [-0.2, 0) is 28.5 Å². The van der Waals surface area contributed by atoms with Gasteiger partial charge < -0.3 is 13.8 Å². The molecule has 2 atom stereocenters. The Bertz CT molecular complexity index is 968. The van der Waals surface area contributed by atoms with Gasteiger partial charge in [-0.25, -0.2) is 18.1 Å². The van der Waals surface area contributed by atoms with Gasteiger partial charge in [0.2, 0.25) is 0 Å². The zero-order valence-corrected chi connectivity index (χ0v) is 28.7. The van der Waals surface area contributed by atoms with Crippen molar-refractivity contribution >= 4 is 17.9 Å². The van der Waals surface area contributed by atoms with E-state index in [9.17, 15) is 17.5 Å². The van der Waals surface area contributed by atoms with E-state index in [1.54, 1.807) is 12.1 Å².